The average Bonchev–Trinajstić information content (AvgIpc) is 3.22. The van der Waals surface area contributed by atoms with E-state index in [2.05, 4.69) is 10.3 Å². The molecule has 1 saturated heterocycles. The van der Waals surface area contributed by atoms with Gasteiger partial charge in [0.15, 0.2) is 11.6 Å². The number of hydrogen-bond acceptors (Lipinski definition) is 3. The molecule has 5 heteroatoms. The van der Waals surface area contributed by atoms with Crippen LogP contribution in [0.4, 0.5) is 14.6 Å². The largest absolute Gasteiger partial charge is 0.351 e. The van der Waals surface area contributed by atoms with Crippen LogP contribution < -0.4 is 10.2 Å². The predicted molar refractivity (Wildman–Crippen MR) is 70.1 cm³/mol. The molecule has 104 valence electrons. The topological polar surface area (TPSA) is 28.2 Å². The van der Waals surface area contributed by atoms with Gasteiger partial charge in [0.1, 0.15) is 5.82 Å². The first kappa shape index (κ1) is 12.8. The highest BCUT2D eigenvalue weighted by atomic mass is 19.1. The number of halogens is 2. The fraction of sp³-hybridized carbons (Fsp3) is 0.643. The minimum absolute atomic E-state index is 0.322. The standard InChI is InChI=1S/C14H19F2N3/c15-11-7-13(16)14(18-8-11)19(12-1-2-12)9-10-3-5-17-6-4-10/h7-8,10,12,17H,1-6,9H2. The number of nitrogens with one attached hydrogen (secondary N) is 1. The van der Waals surface area contributed by atoms with Crippen LogP contribution in [0.3, 0.4) is 0 Å². The molecule has 2 fully saturated rings. The highest BCUT2D eigenvalue weighted by molar-refractivity contribution is 5.42. The smallest absolute Gasteiger partial charge is 0.168 e. The van der Waals surface area contributed by atoms with Crippen LogP contribution in [-0.2, 0) is 0 Å². The molecule has 0 unspecified atom stereocenters. The van der Waals surface area contributed by atoms with Crippen molar-refractivity contribution in [2.45, 2.75) is 31.7 Å². The lowest BCUT2D eigenvalue weighted by Crippen LogP contribution is -2.38. The summed E-state index contributed by atoms with van der Waals surface area (Å²) in [4.78, 5) is 6.01. The molecule has 2 aliphatic rings. The number of piperidine rings is 1. The number of nitrogens with zero attached hydrogens (tertiary/aromatic N) is 2. The molecule has 1 aliphatic heterocycles. The quantitative estimate of drug-likeness (QED) is 0.907. The summed E-state index contributed by atoms with van der Waals surface area (Å²) in [6.45, 7) is 2.90. The van der Waals surface area contributed by atoms with Crippen molar-refractivity contribution in [2.75, 3.05) is 24.5 Å². The molecule has 1 aromatic heterocycles. The molecule has 0 spiro atoms. The van der Waals surface area contributed by atoms with Gasteiger partial charge in [0.05, 0.1) is 6.20 Å². The summed E-state index contributed by atoms with van der Waals surface area (Å²) in [7, 11) is 0. The fourth-order valence-corrected chi connectivity index (χ4v) is 2.76. The number of aromatic nitrogens is 1. The second-order valence-corrected chi connectivity index (χ2v) is 5.54. The van der Waals surface area contributed by atoms with Crippen molar-refractivity contribution in [2.24, 2.45) is 5.92 Å². The first-order chi connectivity index (χ1) is 9.24. The SMILES string of the molecule is Fc1cnc(N(CC2CCNCC2)C2CC2)c(F)c1. The van der Waals surface area contributed by atoms with Gasteiger partial charge in [-0.2, -0.15) is 0 Å². The van der Waals surface area contributed by atoms with Gasteiger partial charge in [0, 0.05) is 18.7 Å². The third-order valence-electron chi connectivity index (χ3n) is 3.96. The van der Waals surface area contributed by atoms with Crippen LogP contribution in [0.1, 0.15) is 25.7 Å². The second kappa shape index (κ2) is 5.41. The summed E-state index contributed by atoms with van der Waals surface area (Å²) in [5.41, 5.74) is 0. The molecule has 0 radical (unpaired) electrons. The molecular weight excluding hydrogens is 248 g/mol. The van der Waals surface area contributed by atoms with E-state index in [9.17, 15) is 8.78 Å². The monoisotopic (exact) mass is 267 g/mol. The number of anilines is 1. The Morgan fingerprint density at radius 3 is 2.58 bits per heavy atom. The van der Waals surface area contributed by atoms with E-state index in [0.717, 1.165) is 57.6 Å². The lowest BCUT2D eigenvalue weighted by atomic mass is 9.97. The Morgan fingerprint density at radius 1 is 1.21 bits per heavy atom. The molecule has 0 bridgehead atoms. The first-order valence-electron chi connectivity index (χ1n) is 7.02. The molecule has 1 N–H and O–H groups in total. The van der Waals surface area contributed by atoms with Crippen LogP contribution in [0, 0.1) is 17.6 Å². The van der Waals surface area contributed by atoms with Gasteiger partial charge in [-0.3, -0.25) is 0 Å². The van der Waals surface area contributed by atoms with Crippen LogP contribution in [0.15, 0.2) is 12.3 Å². The Bertz CT molecular complexity index is 442. The van der Waals surface area contributed by atoms with Crippen LogP contribution in [0.25, 0.3) is 0 Å². The van der Waals surface area contributed by atoms with Crippen LogP contribution in [0.5, 0.6) is 0 Å². The molecule has 3 rings (SSSR count). The van der Waals surface area contributed by atoms with Gasteiger partial charge >= 0.3 is 0 Å². The Balaban J connectivity index is 1.76. The van der Waals surface area contributed by atoms with Gasteiger partial charge in [-0.15, -0.1) is 0 Å². The van der Waals surface area contributed by atoms with Gasteiger partial charge in [0.25, 0.3) is 0 Å². The summed E-state index contributed by atoms with van der Waals surface area (Å²) in [5.74, 6) is -0.254. The third kappa shape index (κ3) is 3.03. The molecule has 0 amide bonds. The van der Waals surface area contributed by atoms with E-state index in [1.165, 1.54) is 0 Å². The Kier molecular flexibility index (Phi) is 3.64. The molecule has 3 nitrogen and oxygen atoms in total. The van der Waals surface area contributed by atoms with Gasteiger partial charge in [-0.25, -0.2) is 13.8 Å². The summed E-state index contributed by atoms with van der Waals surface area (Å²) < 4.78 is 26.8. The van der Waals surface area contributed by atoms with E-state index in [1.807, 2.05) is 4.90 Å². The number of rotatable bonds is 4. The summed E-state index contributed by atoms with van der Waals surface area (Å²) in [6.07, 6.45) is 5.52. The van der Waals surface area contributed by atoms with Gasteiger partial charge in [0.2, 0.25) is 0 Å². The van der Waals surface area contributed by atoms with E-state index in [1.54, 1.807) is 0 Å². The molecule has 1 aliphatic carbocycles. The Hall–Kier alpha value is -1.23. The lowest BCUT2D eigenvalue weighted by molar-refractivity contribution is 0.370. The van der Waals surface area contributed by atoms with Crippen molar-refractivity contribution < 1.29 is 8.78 Å². The molecular formula is C14H19F2N3. The lowest BCUT2D eigenvalue weighted by Gasteiger charge is -2.31. The van der Waals surface area contributed by atoms with E-state index in [0.29, 0.717) is 17.8 Å². The van der Waals surface area contributed by atoms with Crippen molar-refractivity contribution in [3.63, 3.8) is 0 Å². The van der Waals surface area contributed by atoms with Gasteiger partial charge < -0.3 is 10.2 Å². The van der Waals surface area contributed by atoms with Crippen molar-refractivity contribution >= 4 is 5.82 Å². The van der Waals surface area contributed by atoms with E-state index < -0.39 is 11.6 Å². The van der Waals surface area contributed by atoms with E-state index in [4.69, 9.17) is 0 Å². The summed E-state index contributed by atoms with van der Waals surface area (Å²) >= 11 is 0. The zero-order valence-electron chi connectivity index (χ0n) is 10.9. The predicted octanol–water partition coefficient (Wildman–Crippen LogP) is 2.33. The summed E-state index contributed by atoms with van der Waals surface area (Å²) in [5, 5.41) is 3.33. The van der Waals surface area contributed by atoms with Crippen molar-refractivity contribution in [1.82, 2.24) is 10.3 Å². The van der Waals surface area contributed by atoms with Crippen LogP contribution >= 0.6 is 0 Å². The maximum Gasteiger partial charge on any atom is 0.168 e. The normalized spacial score (nSPS) is 20.5. The maximum atomic E-state index is 13.9. The van der Waals surface area contributed by atoms with E-state index >= 15 is 0 Å². The zero-order chi connectivity index (χ0) is 13.2. The molecule has 0 atom stereocenters. The Labute approximate surface area is 112 Å². The van der Waals surface area contributed by atoms with E-state index in [-0.39, 0.29) is 0 Å². The second-order valence-electron chi connectivity index (χ2n) is 5.54. The van der Waals surface area contributed by atoms with Gasteiger partial charge in [-0.05, 0) is 44.7 Å². The van der Waals surface area contributed by atoms with Crippen molar-refractivity contribution in [3.8, 4) is 0 Å². The van der Waals surface area contributed by atoms with Crippen molar-refractivity contribution in [1.29, 1.82) is 0 Å². The Morgan fingerprint density at radius 2 is 1.95 bits per heavy atom. The van der Waals surface area contributed by atoms with Crippen LogP contribution in [-0.4, -0.2) is 30.7 Å². The first-order valence-corrected chi connectivity index (χ1v) is 7.02. The summed E-state index contributed by atoms with van der Waals surface area (Å²) in [6, 6.07) is 1.32. The third-order valence-corrected chi connectivity index (χ3v) is 3.96. The number of pyridine rings is 1. The molecule has 19 heavy (non-hydrogen) atoms. The fourth-order valence-electron chi connectivity index (χ4n) is 2.76. The highest BCUT2D eigenvalue weighted by Gasteiger charge is 2.33. The van der Waals surface area contributed by atoms with Crippen LogP contribution in [0.2, 0.25) is 0 Å². The highest BCUT2D eigenvalue weighted by Crippen LogP contribution is 2.33. The molecule has 0 aromatic carbocycles. The minimum Gasteiger partial charge on any atom is -0.351 e. The van der Waals surface area contributed by atoms with Gasteiger partial charge in [-0.1, -0.05) is 0 Å². The van der Waals surface area contributed by atoms with Crippen molar-refractivity contribution in [3.05, 3.63) is 23.9 Å². The minimum atomic E-state index is -0.612. The molecule has 1 saturated carbocycles. The zero-order valence-corrected chi connectivity index (χ0v) is 10.9. The molecule has 1 aromatic rings. The maximum absolute atomic E-state index is 13.9. The molecule has 2 heterocycles. The number of hydrogen-bond donors (Lipinski definition) is 1. The average molecular weight is 267 g/mol.